The first-order chi connectivity index (χ1) is 18.6. The number of carbonyl (C=O) groups excluding carboxylic acids is 2. The van der Waals surface area contributed by atoms with Gasteiger partial charge >= 0.3 is 6.03 Å². The van der Waals surface area contributed by atoms with E-state index < -0.39 is 0 Å². The zero-order chi connectivity index (χ0) is 26.3. The highest BCUT2D eigenvalue weighted by Crippen LogP contribution is 2.40. The number of benzene rings is 2. The fraction of sp³-hybridized carbons (Fsp3) is 0.448. The van der Waals surface area contributed by atoms with Crippen molar-refractivity contribution in [2.24, 2.45) is 0 Å². The van der Waals surface area contributed by atoms with Gasteiger partial charge in [-0.15, -0.1) is 11.3 Å². The molecule has 2 fully saturated rings. The summed E-state index contributed by atoms with van der Waals surface area (Å²) in [5.41, 5.74) is 1.24. The fourth-order valence-corrected chi connectivity index (χ4v) is 6.49. The molecular weight excluding hydrogens is 500 g/mol. The predicted octanol–water partition coefficient (Wildman–Crippen LogP) is 5.66. The van der Waals surface area contributed by atoms with Gasteiger partial charge in [-0.25, -0.2) is 4.79 Å². The van der Waals surface area contributed by atoms with Crippen LogP contribution in [-0.4, -0.2) is 63.3 Å². The maximum absolute atomic E-state index is 13.1. The third kappa shape index (κ3) is 6.28. The van der Waals surface area contributed by atoms with E-state index in [0.717, 1.165) is 62.2 Å². The van der Waals surface area contributed by atoms with E-state index in [0.29, 0.717) is 28.8 Å². The molecule has 2 aliphatic rings. The van der Waals surface area contributed by atoms with Crippen molar-refractivity contribution in [3.63, 3.8) is 0 Å². The Labute approximate surface area is 227 Å². The summed E-state index contributed by atoms with van der Waals surface area (Å²) in [6.07, 6.45) is 5.95. The summed E-state index contributed by atoms with van der Waals surface area (Å²) >= 11 is 1.49. The van der Waals surface area contributed by atoms with Crippen molar-refractivity contribution >= 4 is 45.4 Å². The van der Waals surface area contributed by atoms with Crippen LogP contribution >= 0.6 is 11.3 Å². The molecule has 0 unspecified atom stereocenters. The summed E-state index contributed by atoms with van der Waals surface area (Å²) in [6.45, 7) is 4.82. The molecule has 3 aromatic rings. The number of hydrogen-bond acceptors (Lipinski definition) is 6. The number of carbonyl (C=O) groups is 2. The molecule has 202 valence electrons. The lowest BCUT2D eigenvalue weighted by molar-refractivity contribution is 0.0323. The third-order valence-corrected chi connectivity index (χ3v) is 8.64. The lowest BCUT2D eigenvalue weighted by Crippen LogP contribution is -2.38. The van der Waals surface area contributed by atoms with Gasteiger partial charge in [0, 0.05) is 42.3 Å². The number of nitrogens with one attached hydrogen (secondary N) is 3. The van der Waals surface area contributed by atoms with Gasteiger partial charge in [-0.3, -0.25) is 9.69 Å². The number of anilines is 2. The third-order valence-electron chi connectivity index (χ3n) is 7.34. The molecule has 3 amide bonds. The number of rotatable bonds is 8. The van der Waals surface area contributed by atoms with Crippen LogP contribution in [-0.2, 0) is 4.74 Å². The Balaban J connectivity index is 1.29. The van der Waals surface area contributed by atoms with Gasteiger partial charge in [0.1, 0.15) is 17.2 Å². The normalized spacial score (nSPS) is 16.8. The van der Waals surface area contributed by atoms with Crippen molar-refractivity contribution in [1.29, 1.82) is 0 Å². The molecule has 5 rings (SSSR count). The van der Waals surface area contributed by atoms with Crippen LogP contribution in [0, 0.1) is 0 Å². The van der Waals surface area contributed by atoms with Crippen molar-refractivity contribution in [1.82, 2.24) is 10.2 Å². The minimum Gasteiger partial charge on any atom is -0.492 e. The number of ether oxygens (including phenoxy) is 2. The number of thiophene rings is 1. The van der Waals surface area contributed by atoms with E-state index in [2.05, 4.69) is 20.9 Å². The minimum absolute atomic E-state index is 0.184. The van der Waals surface area contributed by atoms with E-state index in [1.807, 2.05) is 42.5 Å². The van der Waals surface area contributed by atoms with Gasteiger partial charge in [-0.05, 0) is 37.0 Å². The first-order valence-electron chi connectivity index (χ1n) is 13.5. The van der Waals surface area contributed by atoms with E-state index in [1.54, 1.807) is 7.05 Å². The molecule has 1 aliphatic heterocycles. The van der Waals surface area contributed by atoms with E-state index in [9.17, 15) is 9.59 Å². The number of urea groups is 1. The molecule has 0 bridgehead atoms. The predicted molar refractivity (Wildman–Crippen MR) is 153 cm³/mol. The van der Waals surface area contributed by atoms with Crippen LogP contribution < -0.4 is 20.7 Å². The maximum atomic E-state index is 13.1. The van der Waals surface area contributed by atoms with E-state index >= 15 is 0 Å². The van der Waals surface area contributed by atoms with Crippen LogP contribution in [0.1, 0.15) is 52.6 Å². The minimum atomic E-state index is -0.380. The van der Waals surface area contributed by atoms with E-state index in [4.69, 9.17) is 9.47 Å². The Morgan fingerprint density at radius 2 is 1.74 bits per heavy atom. The van der Waals surface area contributed by atoms with Crippen LogP contribution in [0.25, 0.3) is 10.8 Å². The Morgan fingerprint density at radius 1 is 1.00 bits per heavy atom. The van der Waals surface area contributed by atoms with Gasteiger partial charge < -0.3 is 25.4 Å². The van der Waals surface area contributed by atoms with Crippen LogP contribution in [0.5, 0.6) is 5.75 Å². The lowest BCUT2D eigenvalue weighted by Gasteiger charge is -2.26. The van der Waals surface area contributed by atoms with Crippen LogP contribution in [0.2, 0.25) is 0 Å². The molecule has 3 N–H and O–H groups in total. The van der Waals surface area contributed by atoms with Gasteiger partial charge in [0.05, 0.1) is 24.6 Å². The number of fused-ring (bicyclic) bond motifs is 1. The van der Waals surface area contributed by atoms with Crippen molar-refractivity contribution in [2.75, 3.05) is 57.1 Å². The molecule has 1 aromatic heterocycles. The molecular formula is C29H36N4O4S. The maximum Gasteiger partial charge on any atom is 0.323 e. The zero-order valence-corrected chi connectivity index (χ0v) is 22.7. The quantitative estimate of drug-likeness (QED) is 0.345. The van der Waals surface area contributed by atoms with Gasteiger partial charge in [0.15, 0.2) is 0 Å². The molecule has 38 heavy (non-hydrogen) atoms. The largest absolute Gasteiger partial charge is 0.492 e. The molecule has 0 spiro atoms. The van der Waals surface area contributed by atoms with Crippen LogP contribution in [0.3, 0.4) is 0 Å². The Morgan fingerprint density at radius 3 is 2.50 bits per heavy atom. The Kier molecular flexibility index (Phi) is 8.78. The molecule has 8 nitrogen and oxygen atoms in total. The van der Waals surface area contributed by atoms with Gasteiger partial charge in [-0.1, -0.05) is 43.5 Å². The highest BCUT2D eigenvalue weighted by molar-refractivity contribution is 7.14. The molecule has 2 aromatic carbocycles. The standard InChI is InChI=1S/C29H36N4O4S/c1-30-28(34)27-24(19-26(38-27)20-7-3-2-4-8-20)32-29(35)31-23-11-12-25(22-10-6-5-9-21(22)23)37-18-15-33-13-16-36-17-14-33/h5-6,9-12,19-20H,2-4,7-8,13-18H2,1H3,(H,30,34)(H2,31,32,35). The first-order valence-corrected chi connectivity index (χ1v) is 14.3. The van der Waals surface area contributed by atoms with Gasteiger partial charge in [0.2, 0.25) is 0 Å². The Hall–Kier alpha value is -3.14. The van der Waals surface area contributed by atoms with E-state index in [1.165, 1.54) is 35.5 Å². The SMILES string of the molecule is CNC(=O)c1sc(C2CCCCC2)cc1NC(=O)Nc1ccc(OCCN2CCOCC2)c2ccccc12. The van der Waals surface area contributed by atoms with Crippen molar-refractivity contribution < 1.29 is 19.1 Å². The average Bonchev–Trinajstić information content (AvgIpc) is 3.38. The number of nitrogens with zero attached hydrogens (tertiary/aromatic N) is 1. The lowest BCUT2D eigenvalue weighted by atomic mass is 9.88. The summed E-state index contributed by atoms with van der Waals surface area (Å²) < 4.78 is 11.6. The molecule has 1 saturated heterocycles. The van der Waals surface area contributed by atoms with Crippen LogP contribution in [0.15, 0.2) is 42.5 Å². The summed E-state index contributed by atoms with van der Waals surface area (Å²) in [4.78, 5) is 29.7. The fourth-order valence-electron chi connectivity index (χ4n) is 5.27. The second-order valence-corrected chi connectivity index (χ2v) is 10.9. The second kappa shape index (κ2) is 12.6. The summed E-state index contributed by atoms with van der Waals surface area (Å²) in [5.74, 6) is 1.06. The topological polar surface area (TPSA) is 91.9 Å². The highest BCUT2D eigenvalue weighted by atomic mass is 32.1. The number of hydrogen-bond donors (Lipinski definition) is 3. The van der Waals surface area contributed by atoms with Crippen molar-refractivity contribution in [2.45, 2.75) is 38.0 Å². The van der Waals surface area contributed by atoms with Gasteiger partial charge in [-0.2, -0.15) is 0 Å². The molecule has 1 saturated carbocycles. The van der Waals surface area contributed by atoms with E-state index in [-0.39, 0.29) is 11.9 Å². The molecule has 2 heterocycles. The van der Waals surface area contributed by atoms with Crippen molar-refractivity contribution in [3.8, 4) is 5.75 Å². The average molecular weight is 537 g/mol. The Bertz CT molecular complexity index is 1260. The first kappa shape index (κ1) is 26.5. The number of amides is 3. The molecule has 0 atom stereocenters. The summed E-state index contributed by atoms with van der Waals surface area (Å²) in [7, 11) is 1.61. The van der Waals surface area contributed by atoms with Gasteiger partial charge in [0.25, 0.3) is 5.91 Å². The smallest absolute Gasteiger partial charge is 0.323 e. The van der Waals surface area contributed by atoms with Crippen LogP contribution in [0.4, 0.5) is 16.2 Å². The second-order valence-electron chi connectivity index (χ2n) is 9.84. The monoisotopic (exact) mass is 536 g/mol. The molecule has 1 aliphatic carbocycles. The summed E-state index contributed by atoms with van der Waals surface area (Å²) in [5, 5.41) is 10.5. The highest BCUT2D eigenvalue weighted by Gasteiger charge is 2.23. The molecule has 9 heteroatoms. The van der Waals surface area contributed by atoms with Crippen molar-refractivity contribution in [3.05, 3.63) is 52.2 Å². The zero-order valence-electron chi connectivity index (χ0n) is 21.9. The summed E-state index contributed by atoms with van der Waals surface area (Å²) in [6, 6.07) is 13.3. The number of morpholine rings is 1. The molecule has 0 radical (unpaired) electrons.